The molecule has 2 aromatic carbocycles. The molecular weight excluding hydrogens is 355 g/mol. The number of nitrogens with one attached hydrogen (secondary N) is 1. The summed E-state index contributed by atoms with van der Waals surface area (Å²) in [5, 5.41) is 2.32. The van der Waals surface area contributed by atoms with Crippen molar-refractivity contribution in [3.63, 3.8) is 0 Å². The zero-order valence-corrected chi connectivity index (χ0v) is 15.3. The molecule has 0 radical (unpaired) electrons. The zero-order valence-electron chi connectivity index (χ0n) is 15.3. The molecule has 1 aliphatic heterocycles. The van der Waals surface area contributed by atoms with Crippen LogP contribution >= 0.6 is 0 Å². The molecule has 7 heteroatoms. The van der Waals surface area contributed by atoms with Gasteiger partial charge in [0.1, 0.15) is 0 Å². The van der Waals surface area contributed by atoms with Gasteiger partial charge in [-0.05, 0) is 29.7 Å². The second-order valence-electron chi connectivity index (χ2n) is 6.84. The highest BCUT2D eigenvalue weighted by atomic mass is 19.2. The fourth-order valence-electron chi connectivity index (χ4n) is 3.23. The molecule has 2 aromatic rings. The van der Waals surface area contributed by atoms with Gasteiger partial charge in [-0.1, -0.05) is 32.0 Å². The molecule has 0 unspecified atom stereocenters. The number of anilines is 2. The van der Waals surface area contributed by atoms with Crippen LogP contribution in [0.4, 0.5) is 29.3 Å². The summed E-state index contributed by atoms with van der Waals surface area (Å²) in [6, 6.07) is 9.45. The van der Waals surface area contributed by atoms with Crippen LogP contribution in [-0.4, -0.2) is 37.1 Å². The van der Waals surface area contributed by atoms with Crippen LogP contribution in [0.15, 0.2) is 36.4 Å². The number of benzene rings is 2. The van der Waals surface area contributed by atoms with Crippen molar-refractivity contribution in [2.75, 3.05) is 36.4 Å². The third-order valence-electron chi connectivity index (χ3n) is 4.74. The lowest BCUT2D eigenvalue weighted by Gasteiger charge is -2.37. The highest BCUT2D eigenvalue weighted by Crippen LogP contribution is 2.28. The Bertz CT molecular complexity index is 833. The van der Waals surface area contributed by atoms with Crippen LogP contribution in [-0.2, 0) is 0 Å². The topological polar surface area (TPSA) is 35.6 Å². The van der Waals surface area contributed by atoms with Gasteiger partial charge in [-0.2, -0.15) is 0 Å². The van der Waals surface area contributed by atoms with Gasteiger partial charge < -0.3 is 15.1 Å². The van der Waals surface area contributed by atoms with E-state index in [-0.39, 0.29) is 5.69 Å². The fraction of sp³-hybridized carbons (Fsp3) is 0.350. The number of amides is 2. The maximum atomic E-state index is 13.7. The van der Waals surface area contributed by atoms with Crippen LogP contribution in [0.25, 0.3) is 0 Å². The molecule has 1 heterocycles. The van der Waals surface area contributed by atoms with Crippen LogP contribution in [0.3, 0.4) is 0 Å². The highest BCUT2D eigenvalue weighted by molar-refractivity contribution is 5.89. The fourth-order valence-corrected chi connectivity index (χ4v) is 3.23. The number of carbonyl (C=O) groups is 1. The number of nitrogens with zero attached hydrogens (tertiary/aromatic N) is 2. The van der Waals surface area contributed by atoms with Crippen molar-refractivity contribution in [1.82, 2.24) is 4.90 Å². The summed E-state index contributed by atoms with van der Waals surface area (Å²) in [5.74, 6) is -3.89. The first-order valence-corrected chi connectivity index (χ1v) is 8.91. The minimum Gasteiger partial charge on any atom is -0.368 e. The van der Waals surface area contributed by atoms with E-state index in [1.807, 2.05) is 12.1 Å². The number of piperazine rings is 1. The van der Waals surface area contributed by atoms with Gasteiger partial charge in [-0.15, -0.1) is 0 Å². The summed E-state index contributed by atoms with van der Waals surface area (Å²) in [6.45, 7) is 6.44. The van der Waals surface area contributed by atoms with Gasteiger partial charge in [0.25, 0.3) is 0 Å². The smallest absolute Gasteiger partial charge is 0.322 e. The van der Waals surface area contributed by atoms with E-state index in [1.165, 1.54) is 10.5 Å². The minimum atomic E-state index is -1.59. The molecule has 2 amide bonds. The summed E-state index contributed by atoms with van der Waals surface area (Å²) >= 11 is 0. The van der Waals surface area contributed by atoms with Crippen molar-refractivity contribution >= 4 is 17.4 Å². The monoisotopic (exact) mass is 377 g/mol. The Morgan fingerprint density at radius 1 is 0.963 bits per heavy atom. The third-order valence-corrected chi connectivity index (χ3v) is 4.74. The summed E-state index contributed by atoms with van der Waals surface area (Å²) < 4.78 is 40.0. The maximum Gasteiger partial charge on any atom is 0.322 e. The van der Waals surface area contributed by atoms with E-state index < -0.39 is 23.5 Å². The van der Waals surface area contributed by atoms with Crippen LogP contribution in [0.2, 0.25) is 0 Å². The molecular formula is C20H22F3N3O. The van der Waals surface area contributed by atoms with E-state index >= 15 is 0 Å². The lowest BCUT2D eigenvalue weighted by Crippen LogP contribution is -2.50. The van der Waals surface area contributed by atoms with Gasteiger partial charge in [0.2, 0.25) is 0 Å². The van der Waals surface area contributed by atoms with E-state index in [0.717, 1.165) is 17.8 Å². The molecule has 0 aromatic heterocycles. The molecule has 27 heavy (non-hydrogen) atoms. The van der Waals surface area contributed by atoms with E-state index in [2.05, 4.69) is 36.2 Å². The number of hydrogen-bond donors (Lipinski definition) is 1. The van der Waals surface area contributed by atoms with Crippen LogP contribution in [0.5, 0.6) is 0 Å². The predicted octanol–water partition coefficient (Wildman–Crippen LogP) is 4.58. The molecule has 1 saturated heterocycles. The summed E-state index contributed by atoms with van der Waals surface area (Å²) in [5.41, 5.74) is 2.03. The Morgan fingerprint density at radius 3 is 2.30 bits per heavy atom. The van der Waals surface area contributed by atoms with Crippen molar-refractivity contribution in [3.8, 4) is 0 Å². The molecule has 0 spiro atoms. The number of carbonyl (C=O) groups excluding carboxylic acids is 1. The second-order valence-corrected chi connectivity index (χ2v) is 6.84. The lowest BCUT2D eigenvalue weighted by atomic mass is 10.00. The Balaban J connectivity index is 1.64. The Kier molecular flexibility index (Phi) is 5.58. The first kappa shape index (κ1) is 19.1. The predicted molar refractivity (Wildman–Crippen MR) is 99.7 cm³/mol. The SMILES string of the molecule is CC(C)c1ccccc1N1CCN(C(=O)Nc2ccc(F)c(F)c2F)CC1. The van der Waals surface area contributed by atoms with Crippen molar-refractivity contribution < 1.29 is 18.0 Å². The molecule has 1 aliphatic rings. The third kappa shape index (κ3) is 4.02. The molecule has 0 saturated carbocycles. The van der Waals surface area contributed by atoms with Gasteiger partial charge in [-0.3, -0.25) is 0 Å². The molecule has 1 N–H and O–H groups in total. The molecule has 3 rings (SSSR count). The zero-order chi connectivity index (χ0) is 19.6. The Hall–Kier alpha value is -2.70. The number of urea groups is 1. The van der Waals surface area contributed by atoms with Gasteiger partial charge in [0.15, 0.2) is 17.5 Å². The first-order chi connectivity index (χ1) is 12.9. The van der Waals surface area contributed by atoms with Crippen molar-refractivity contribution in [1.29, 1.82) is 0 Å². The normalized spacial score (nSPS) is 14.6. The number of rotatable bonds is 3. The summed E-state index contributed by atoms with van der Waals surface area (Å²) in [4.78, 5) is 16.1. The lowest BCUT2D eigenvalue weighted by molar-refractivity contribution is 0.208. The maximum absolute atomic E-state index is 13.7. The van der Waals surface area contributed by atoms with Gasteiger partial charge >= 0.3 is 6.03 Å². The largest absolute Gasteiger partial charge is 0.368 e. The average Bonchev–Trinajstić information content (AvgIpc) is 2.68. The van der Waals surface area contributed by atoms with Gasteiger partial charge in [-0.25, -0.2) is 18.0 Å². The van der Waals surface area contributed by atoms with Crippen LogP contribution < -0.4 is 10.2 Å². The van der Waals surface area contributed by atoms with E-state index in [9.17, 15) is 18.0 Å². The molecule has 0 aliphatic carbocycles. The van der Waals surface area contributed by atoms with Gasteiger partial charge in [0, 0.05) is 31.9 Å². The molecule has 0 atom stereocenters. The van der Waals surface area contributed by atoms with Gasteiger partial charge in [0.05, 0.1) is 5.69 Å². The van der Waals surface area contributed by atoms with Crippen LogP contribution in [0, 0.1) is 17.5 Å². The van der Waals surface area contributed by atoms with E-state index in [4.69, 9.17) is 0 Å². The quantitative estimate of drug-likeness (QED) is 0.795. The first-order valence-electron chi connectivity index (χ1n) is 8.91. The average molecular weight is 377 g/mol. The number of hydrogen-bond acceptors (Lipinski definition) is 2. The highest BCUT2D eigenvalue weighted by Gasteiger charge is 2.24. The van der Waals surface area contributed by atoms with E-state index in [1.54, 1.807) is 0 Å². The number of para-hydroxylation sites is 1. The number of halogens is 3. The van der Waals surface area contributed by atoms with E-state index in [0.29, 0.717) is 32.1 Å². The summed E-state index contributed by atoms with van der Waals surface area (Å²) in [7, 11) is 0. The van der Waals surface area contributed by atoms with Crippen LogP contribution in [0.1, 0.15) is 25.3 Å². The molecule has 4 nitrogen and oxygen atoms in total. The van der Waals surface area contributed by atoms with Crippen molar-refractivity contribution in [2.45, 2.75) is 19.8 Å². The summed E-state index contributed by atoms with van der Waals surface area (Å²) in [6.07, 6.45) is 0. The molecule has 144 valence electrons. The van der Waals surface area contributed by atoms with Crippen molar-refractivity contribution in [3.05, 3.63) is 59.4 Å². The molecule has 1 fully saturated rings. The minimum absolute atomic E-state index is 0.369. The molecule has 0 bridgehead atoms. The van der Waals surface area contributed by atoms with Crippen molar-refractivity contribution in [2.24, 2.45) is 0 Å². The Morgan fingerprint density at radius 2 is 1.63 bits per heavy atom. The second kappa shape index (κ2) is 7.90. The standard InChI is InChI=1S/C20H22F3N3O/c1-13(2)14-5-3-4-6-17(14)25-9-11-26(12-10-25)20(27)24-16-8-7-15(21)18(22)19(16)23/h3-8,13H,9-12H2,1-2H3,(H,24,27). The Labute approximate surface area is 156 Å².